The van der Waals surface area contributed by atoms with Gasteiger partial charge in [-0.2, -0.15) is 0 Å². The largest absolute Gasteiger partial charge is 0.369 e. The Balaban J connectivity index is 1.59. The maximum atomic E-state index is 11.9. The highest BCUT2D eigenvalue weighted by atomic mass is 35.5. The molecule has 1 amide bonds. The van der Waals surface area contributed by atoms with Crippen molar-refractivity contribution < 1.29 is 4.79 Å². The van der Waals surface area contributed by atoms with Crippen molar-refractivity contribution in [1.82, 2.24) is 9.88 Å². The second-order valence-corrected chi connectivity index (χ2v) is 6.62. The van der Waals surface area contributed by atoms with Crippen molar-refractivity contribution in [3.8, 4) is 0 Å². The quantitative estimate of drug-likeness (QED) is 0.925. The summed E-state index contributed by atoms with van der Waals surface area (Å²) in [5, 5.41) is 4.20. The predicted molar refractivity (Wildman–Crippen MR) is 97.9 cm³/mol. The van der Waals surface area contributed by atoms with Crippen LogP contribution in [0.3, 0.4) is 0 Å². The Morgan fingerprint density at radius 1 is 1.25 bits per heavy atom. The Morgan fingerprint density at radius 2 is 2.00 bits per heavy atom. The number of rotatable bonds is 4. The Hall–Kier alpha value is -2.27. The van der Waals surface area contributed by atoms with Gasteiger partial charge in [0.1, 0.15) is 5.82 Å². The third-order valence-electron chi connectivity index (χ3n) is 4.15. The molecule has 1 aromatic heterocycles. The molecule has 3 rings (SSSR count). The Bertz CT molecular complexity index is 700. The summed E-state index contributed by atoms with van der Waals surface area (Å²) in [7, 11) is 3.47. The first-order valence-corrected chi connectivity index (χ1v) is 8.35. The highest BCUT2D eigenvalue weighted by Gasteiger charge is 2.23. The normalized spacial score (nSPS) is 17.0. The summed E-state index contributed by atoms with van der Waals surface area (Å²) in [5.74, 6) is 0.761. The van der Waals surface area contributed by atoms with E-state index in [4.69, 9.17) is 11.6 Å². The van der Waals surface area contributed by atoms with Gasteiger partial charge in [-0.25, -0.2) is 4.98 Å². The van der Waals surface area contributed by atoms with Gasteiger partial charge in [0.25, 0.3) is 5.91 Å². The van der Waals surface area contributed by atoms with E-state index in [2.05, 4.69) is 15.2 Å². The van der Waals surface area contributed by atoms with Gasteiger partial charge in [0.2, 0.25) is 0 Å². The highest BCUT2D eigenvalue weighted by Crippen LogP contribution is 2.23. The van der Waals surface area contributed by atoms with E-state index >= 15 is 0 Å². The number of anilines is 2. The molecule has 1 atom stereocenters. The van der Waals surface area contributed by atoms with Crippen LogP contribution in [0.25, 0.3) is 0 Å². The molecule has 1 N–H and O–H groups in total. The first kappa shape index (κ1) is 16.6. The minimum Gasteiger partial charge on any atom is -0.369 e. The van der Waals surface area contributed by atoms with Crippen LogP contribution >= 0.6 is 11.6 Å². The second-order valence-electron chi connectivity index (χ2n) is 6.18. The SMILES string of the molecule is CN(C)C(=O)c1ccc(NC2CCN(c3ccc(Cl)cc3)C2)nc1. The van der Waals surface area contributed by atoms with Crippen molar-refractivity contribution in [2.24, 2.45) is 0 Å². The molecule has 1 aromatic carbocycles. The van der Waals surface area contributed by atoms with Gasteiger partial charge in [-0.1, -0.05) is 11.6 Å². The van der Waals surface area contributed by atoms with Gasteiger partial charge in [0.05, 0.1) is 5.56 Å². The Kier molecular flexibility index (Phi) is 4.90. The van der Waals surface area contributed by atoms with Gasteiger partial charge in [-0.15, -0.1) is 0 Å². The van der Waals surface area contributed by atoms with Crippen LogP contribution < -0.4 is 10.2 Å². The topological polar surface area (TPSA) is 48.5 Å². The summed E-state index contributed by atoms with van der Waals surface area (Å²) < 4.78 is 0. The lowest BCUT2D eigenvalue weighted by Gasteiger charge is -2.19. The summed E-state index contributed by atoms with van der Waals surface area (Å²) in [6, 6.07) is 11.9. The van der Waals surface area contributed by atoms with E-state index < -0.39 is 0 Å². The lowest BCUT2D eigenvalue weighted by Crippen LogP contribution is -2.26. The molecule has 6 heteroatoms. The number of halogens is 1. The smallest absolute Gasteiger partial charge is 0.254 e. The highest BCUT2D eigenvalue weighted by molar-refractivity contribution is 6.30. The third-order valence-corrected chi connectivity index (χ3v) is 4.40. The Labute approximate surface area is 147 Å². The minimum absolute atomic E-state index is 0.0381. The zero-order valence-corrected chi connectivity index (χ0v) is 14.6. The van der Waals surface area contributed by atoms with Crippen LogP contribution in [0.1, 0.15) is 16.8 Å². The standard InChI is InChI=1S/C18H21ClN4O/c1-22(2)18(24)13-3-8-17(20-11-13)21-15-9-10-23(12-15)16-6-4-14(19)5-7-16/h3-8,11,15H,9-10,12H2,1-2H3,(H,20,21). The predicted octanol–water partition coefficient (Wildman–Crippen LogP) is 3.13. The number of benzene rings is 1. The lowest BCUT2D eigenvalue weighted by molar-refractivity contribution is 0.0827. The van der Waals surface area contributed by atoms with E-state index in [1.54, 1.807) is 25.2 Å². The number of hydrogen-bond acceptors (Lipinski definition) is 4. The molecule has 1 unspecified atom stereocenters. The van der Waals surface area contributed by atoms with Crippen LogP contribution in [0.15, 0.2) is 42.6 Å². The molecule has 0 aliphatic carbocycles. The Morgan fingerprint density at radius 3 is 2.62 bits per heavy atom. The molecule has 24 heavy (non-hydrogen) atoms. The number of carbonyl (C=O) groups excluding carboxylic acids is 1. The molecule has 0 saturated carbocycles. The maximum absolute atomic E-state index is 11.9. The summed E-state index contributed by atoms with van der Waals surface area (Å²) in [6.07, 6.45) is 2.67. The fourth-order valence-electron chi connectivity index (χ4n) is 2.84. The van der Waals surface area contributed by atoms with Gasteiger partial charge in [0.15, 0.2) is 0 Å². The molecule has 1 fully saturated rings. The number of hydrogen-bond donors (Lipinski definition) is 1. The molecule has 0 spiro atoms. The summed E-state index contributed by atoms with van der Waals surface area (Å²) in [5.41, 5.74) is 1.78. The van der Waals surface area contributed by atoms with Gasteiger partial charge in [0, 0.05) is 50.1 Å². The van der Waals surface area contributed by atoms with Gasteiger partial charge < -0.3 is 15.1 Å². The van der Waals surface area contributed by atoms with E-state index in [1.807, 2.05) is 36.4 Å². The summed E-state index contributed by atoms with van der Waals surface area (Å²) in [6.45, 7) is 1.91. The van der Waals surface area contributed by atoms with Gasteiger partial charge in [-0.05, 0) is 42.8 Å². The maximum Gasteiger partial charge on any atom is 0.254 e. The summed E-state index contributed by atoms with van der Waals surface area (Å²) >= 11 is 5.94. The third kappa shape index (κ3) is 3.79. The first-order valence-electron chi connectivity index (χ1n) is 7.97. The van der Waals surface area contributed by atoms with E-state index in [1.165, 1.54) is 5.69 Å². The molecule has 126 valence electrons. The summed E-state index contributed by atoms with van der Waals surface area (Å²) in [4.78, 5) is 20.1. The fraction of sp³-hybridized carbons (Fsp3) is 0.333. The number of carbonyl (C=O) groups is 1. The molecular weight excluding hydrogens is 324 g/mol. The first-order chi connectivity index (χ1) is 11.5. The molecule has 0 radical (unpaired) electrons. The number of nitrogens with zero attached hydrogens (tertiary/aromatic N) is 3. The van der Waals surface area contributed by atoms with E-state index in [9.17, 15) is 4.79 Å². The van der Waals surface area contributed by atoms with Crippen LogP contribution in [0, 0.1) is 0 Å². The number of amides is 1. The molecule has 2 aromatic rings. The number of nitrogens with one attached hydrogen (secondary N) is 1. The number of pyridine rings is 1. The van der Waals surface area contributed by atoms with Crippen molar-refractivity contribution >= 4 is 29.0 Å². The van der Waals surface area contributed by atoms with E-state index in [-0.39, 0.29) is 5.91 Å². The monoisotopic (exact) mass is 344 g/mol. The van der Waals surface area contributed by atoms with Crippen molar-refractivity contribution in [2.75, 3.05) is 37.4 Å². The van der Waals surface area contributed by atoms with Crippen LogP contribution in [0.2, 0.25) is 5.02 Å². The molecule has 0 bridgehead atoms. The molecule has 5 nitrogen and oxygen atoms in total. The van der Waals surface area contributed by atoms with E-state index in [0.717, 1.165) is 30.4 Å². The van der Waals surface area contributed by atoms with Crippen LogP contribution in [0.5, 0.6) is 0 Å². The molecule has 1 aliphatic rings. The fourth-order valence-corrected chi connectivity index (χ4v) is 2.96. The zero-order valence-electron chi connectivity index (χ0n) is 13.9. The van der Waals surface area contributed by atoms with Gasteiger partial charge >= 0.3 is 0 Å². The zero-order chi connectivity index (χ0) is 17.1. The minimum atomic E-state index is -0.0381. The van der Waals surface area contributed by atoms with Crippen molar-refractivity contribution in [3.05, 3.63) is 53.2 Å². The lowest BCUT2D eigenvalue weighted by atomic mass is 10.2. The van der Waals surface area contributed by atoms with E-state index in [0.29, 0.717) is 11.6 Å². The van der Waals surface area contributed by atoms with Crippen molar-refractivity contribution in [3.63, 3.8) is 0 Å². The van der Waals surface area contributed by atoms with Crippen LogP contribution in [0.4, 0.5) is 11.5 Å². The van der Waals surface area contributed by atoms with Crippen LogP contribution in [-0.2, 0) is 0 Å². The van der Waals surface area contributed by atoms with Gasteiger partial charge in [-0.3, -0.25) is 4.79 Å². The molecule has 1 aliphatic heterocycles. The molecule has 1 saturated heterocycles. The average Bonchev–Trinajstić information content (AvgIpc) is 3.04. The molecule has 2 heterocycles. The number of aromatic nitrogens is 1. The molecular formula is C18H21ClN4O. The van der Waals surface area contributed by atoms with Crippen molar-refractivity contribution in [1.29, 1.82) is 0 Å². The van der Waals surface area contributed by atoms with Crippen molar-refractivity contribution in [2.45, 2.75) is 12.5 Å². The average molecular weight is 345 g/mol. The second kappa shape index (κ2) is 7.09. The van der Waals surface area contributed by atoms with Crippen LogP contribution in [-0.4, -0.2) is 49.0 Å².